The van der Waals surface area contributed by atoms with Gasteiger partial charge < -0.3 is 15.8 Å². The van der Waals surface area contributed by atoms with Crippen LogP contribution >= 0.6 is 0 Å². The molecule has 0 radical (unpaired) electrons. The van der Waals surface area contributed by atoms with E-state index < -0.39 is 22.0 Å². The van der Waals surface area contributed by atoms with Crippen molar-refractivity contribution < 1.29 is 22.7 Å². The number of hydrogen-bond donors (Lipinski definition) is 2. The van der Waals surface area contributed by atoms with E-state index in [9.17, 15) is 18.0 Å². The van der Waals surface area contributed by atoms with E-state index in [1.54, 1.807) is 28.6 Å². The minimum absolute atomic E-state index is 0.0470. The van der Waals surface area contributed by atoms with Crippen molar-refractivity contribution in [1.29, 1.82) is 0 Å². The van der Waals surface area contributed by atoms with E-state index in [-0.39, 0.29) is 6.54 Å². The Morgan fingerprint density at radius 3 is 2.38 bits per heavy atom. The van der Waals surface area contributed by atoms with Gasteiger partial charge in [-0.25, -0.2) is 13.2 Å². The predicted octanol–water partition coefficient (Wildman–Crippen LogP) is -0.296. The number of methoxy groups -OCH3 is 1. The Kier molecular flexibility index (Phi) is 8.37. The lowest BCUT2D eigenvalue weighted by atomic mass is 10.3. The third-order valence-electron chi connectivity index (χ3n) is 3.44. The van der Waals surface area contributed by atoms with Crippen LogP contribution in [0, 0.1) is 0 Å². The van der Waals surface area contributed by atoms with Crippen LogP contribution in [-0.4, -0.2) is 57.9 Å². The molecule has 0 spiro atoms. The summed E-state index contributed by atoms with van der Waals surface area (Å²) in [7, 11) is -1.97. The van der Waals surface area contributed by atoms with Crippen molar-refractivity contribution in [3.05, 3.63) is 30.3 Å². The number of sulfonamides is 1. The SMILES string of the molecule is COC(=O)C(CN)NC=O.O=S(=O)(c1ccccc1)N1CCCC1. The van der Waals surface area contributed by atoms with E-state index in [4.69, 9.17) is 5.73 Å². The lowest BCUT2D eigenvalue weighted by Gasteiger charge is -2.14. The number of nitrogens with zero attached hydrogens (tertiary/aromatic N) is 1. The molecule has 1 aromatic carbocycles. The standard InChI is InChI=1S/C10H13NO2S.C5H10N2O3/c12-14(13,11-8-4-5-9-11)10-6-2-1-3-7-10;1-10-5(9)4(2-6)7-3-8/h1-3,6-7H,4-5,8-9H2;3-4H,2,6H2,1H3,(H,7,8). The topological polar surface area (TPSA) is 119 Å². The maximum atomic E-state index is 12.0. The predicted molar refractivity (Wildman–Crippen MR) is 88.5 cm³/mol. The number of carbonyl (C=O) groups excluding carboxylic acids is 2. The average molecular weight is 357 g/mol. The van der Waals surface area contributed by atoms with Crippen LogP contribution in [0.25, 0.3) is 0 Å². The number of nitrogens with two attached hydrogens (primary N) is 1. The second kappa shape index (κ2) is 10.0. The highest BCUT2D eigenvalue weighted by atomic mass is 32.2. The fourth-order valence-corrected chi connectivity index (χ4v) is 3.66. The van der Waals surface area contributed by atoms with Gasteiger partial charge in [-0.05, 0) is 25.0 Å². The Balaban J connectivity index is 0.000000257. The zero-order valence-electron chi connectivity index (χ0n) is 13.6. The normalized spacial score (nSPS) is 15.8. The zero-order valence-corrected chi connectivity index (χ0v) is 14.4. The number of carbonyl (C=O) groups is 2. The van der Waals surface area contributed by atoms with Gasteiger partial charge in [0.25, 0.3) is 0 Å². The van der Waals surface area contributed by atoms with Crippen LogP contribution in [0.5, 0.6) is 0 Å². The molecule has 134 valence electrons. The van der Waals surface area contributed by atoms with Gasteiger partial charge in [0.05, 0.1) is 12.0 Å². The summed E-state index contributed by atoms with van der Waals surface area (Å²) in [5, 5.41) is 2.20. The highest BCUT2D eigenvalue weighted by molar-refractivity contribution is 7.89. The van der Waals surface area contributed by atoms with E-state index in [1.807, 2.05) is 6.07 Å². The fourth-order valence-electron chi connectivity index (χ4n) is 2.13. The first-order valence-electron chi connectivity index (χ1n) is 7.50. The summed E-state index contributed by atoms with van der Waals surface area (Å²) in [6.45, 7) is 1.37. The van der Waals surface area contributed by atoms with Crippen LogP contribution < -0.4 is 11.1 Å². The minimum atomic E-state index is -3.21. The van der Waals surface area contributed by atoms with Gasteiger partial charge in [-0.3, -0.25) is 4.79 Å². The van der Waals surface area contributed by atoms with Crippen molar-refractivity contribution in [1.82, 2.24) is 9.62 Å². The highest BCUT2D eigenvalue weighted by Crippen LogP contribution is 2.19. The smallest absolute Gasteiger partial charge is 0.329 e. The summed E-state index contributed by atoms with van der Waals surface area (Å²) >= 11 is 0. The quantitative estimate of drug-likeness (QED) is 0.533. The molecule has 8 nitrogen and oxygen atoms in total. The van der Waals surface area contributed by atoms with Crippen LogP contribution in [0.4, 0.5) is 0 Å². The molecule has 1 aliphatic heterocycles. The monoisotopic (exact) mass is 357 g/mol. The van der Waals surface area contributed by atoms with E-state index in [0.29, 0.717) is 24.4 Å². The molecule has 0 aliphatic carbocycles. The molecule has 1 atom stereocenters. The molecule has 1 aliphatic rings. The van der Waals surface area contributed by atoms with Gasteiger partial charge in [0.1, 0.15) is 6.04 Å². The molecule has 9 heteroatoms. The van der Waals surface area contributed by atoms with Gasteiger partial charge in [-0.15, -0.1) is 0 Å². The third-order valence-corrected chi connectivity index (χ3v) is 5.35. The lowest BCUT2D eigenvalue weighted by molar-refractivity contribution is -0.143. The molecule has 1 fully saturated rings. The Morgan fingerprint density at radius 2 is 1.92 bits per heavy atom. The summed E-state index contributed by atoms with van der Waals surface area (Å²) < 4.78 is 29.8. The molecule has 1 aromatic rings. The molecule has 0 saturated carbocycles. The van der Waals surface area contributed by atoms with Crippen molar-refractivity contribution in [2.75, 3.05) is 26.7 Å². The van der Waals surface area contributed by atoms with E-state index in [2.05, 4.69) is 10.1 Å². The molecular weight excluding hydrogens is 334 g/mol. The number of esters is 1. The molecule has 1 unspecified atom stereocenters. The largest absolute Gasteiger partial charge is 0.467 e. The van der Waals surface area contributed by atoms with Crippen LogP contribution in [0.1, 0.15) is 12.8 Å². The molecule has 2 rings (SSSR count). The summed E-state index contributed by atoms with van der Waals surface area (Å²) in [6.07, 6.45) is 2.37. The van der Waals surface area contributed by atoms with E-state index >= 15 is 0 Å². The molecule has 3 N–H and O–H groups in total. The molecule has 1 saturated heterocycles. The number of benzene rings is 1. The van der Waals surface area contributed by atoms with Gasteiger partial charge in [-0.2, -0.15) is 4.31 Å². The van der Waals surface area contributed by atoms with E-state index in [1.165, 1.54) is 7.11 Å². The summed E-state index contributed by atoms with van der Waals surface area (Å²) in [5.41, 5.74) is 5.11. The minimum Gasteiger partial charge on any atom is -0.467 e. The number of hydrogen-bond acceptors (Lipinski definition) is 6. The molecule has 0 aromatic heterocycles. The van der Waals surface area contributed by atoms with Gasteiger partial charge in [-0.1, -0.05) is 18.2 Å². The number of nitrogens with one attached hydrogen (secondary N) is 1. The molecule has 1 heterocycles. The van der Waals surface area contributed by atoms with E-state index in [0.717, 1.165) is 12.8 Å². The second-order valence-corrected chi connectivity index (χ2v) is 6.96. The fraction of sp³-hybridized carbons (Fsp3) is 0.467. The Labute approximate surface area is 142 Å². The van der Waals surface area contributed by atoms with Crippen molar-refractivity contribution >= 4 is 22.4 Å². The molecule has 1 amide bonds. The Hall–Kier alpha value is -1.97. The first-order chi connectivity index (χ1) is 11.5. The van der Waals surface area contributed by atoms with Crippen molar-refractivity contribution in [2.24, 2.45) is 5.73 Å². The third kappa shape index (κ3) is 5.59. The van der Waals surface area contributed by atoms with Crippen molar-refractivity contribution in [3.8, 4) is 0 Å². The average Bonchev–Trinajstić information content (AvgIpc) is 3.16. The van der Waals surface area contributed by atoms with Crippen LogP contribution in [0.15, 0.2) is 35.2 Å². The van der Waals surface area contributed by atoms with Crippen LogP contribution in [-0.2, 0) is 24.3 Å². The van der Waals surface area contributed by atoms with Crippen LogP contribution in [0.2, 0.25) is 0 Å². The Bertz CT molecular complexity index is 615. The summed E-state index contributed by atoms with van der Waals surface area (Å²) in [4.78, 5) is 20.8. The Morgan fingerprint density at radius 1 is 1.33 bits per heavy atom. The number of amides is 1. The zero-order chi connectivity index (χ0) is 18.0. The van der Waals surface area contributed by atoms with Crippen molar-refractivity contribution in [3.63, 3.8) is 0 Å². The second-order valence-electron chi connectivity index (χ2n) is 5.02. The first kappa shape index (κ1) is 20.1. The molecule has 24 heavy (non-hydrogen) atoms. The number of rotatable bonds is 6. The van der Waals surface area contributed by atoms with Crippen LogP contribution in [0.3, 0.4) is 0 Å². The van der Waals surface area contributed by atoms with Crippen molar-refractivity contribution in [2.45, 2.75) is 23.8 Å². The highest BCUT2D eigenvalue weighted by Gasteiger charge is 2.26. The van der Waals surface area contributed by atoms with Gasteiger partial charge in [0.15, 0.2) is 0 Å². The number of ether oxygens (including phenoxy) is 1. The lowest BCUT2D eigenvalue weighted by Crippen LogP contribution is -2.42. The maximum absolute atomic E-state index is 12.0. The first-order valence-corrected chi connectivity index (χ1v) is 8.94. The maximum Gasteiger partial charge on any atom is 0.329 e. The summed E-state index contributed by atoms with van der Waals surface area (Å²) in [6, 6.07) is 7.90. The molecular formula is C15H23N3O5S. The van der Waals surface area contributed by atoms with Gasteiger partial charge >= 0.3 is 5.97 Å². The summed E-state index contributed by atoms with van der Waals surface area (Å²) in [5.74, 6) is -0.533. The molecule has 0 bridgehead atoms. The van der Waals surface area contributed by atoms with Gasteiger partial charge in [0, 0.05) is 19.6 Å². The van der Waals surface area contributed by atoms with Gasteiger partial charge in [0.2, 0.25) is 16.4 Å².